The Balaban J connectivity index is 3.22. The van der Waals surface area contributed by atoms with Crippen molar-refractivity contribution in [2.24, 2.45) is 5.16 Å². The van der Waals surface area contributed by atoms with Gasteiger partial charge in [-0.1, -0.05) is 16.8 Å². The number of hydrogen-bond donors (Lipinski definition) is 2. The Morgan fingerprint density at radius 1 is 1.79 bits per heavy atom. The molecule has 76 valence electrons. The van der Waals surface area contributed by atoms with Gasteiger partial charge in [-0.25, -0.2) is 4.79 Å². The smallest absolute Gasteiger partial charge is 0.356 e. The maximum Gasteiger partial charge on any atom is 0.356 e. The van der Waals surface area contributed by atoms with Crippen molar-refractivity contribution in [1.29, 1.82) is 0 Å². The van der Waals surface area contributed by atoms with Gasteiger partial charge in [-0.05, 0) is 6.92 Å². The second-order valence-electron chi connectivity index (χ2n) is 2.43. The molecule has 0 aliphatic carbocycles. The van der Waals surface area contributed by atoms with E-state index in [9.17, 15) is 4.79 Å². The summed E-state index contributed by atoms with van der Waals surface area (Å²) in [7, 11) is 0. The number of aromatic nitrogens is 2. The van der Waals surface area contributed by atoms with Crippen molar-refractivity contribution in [3.63, 3.8) is 0 Å². The van der Waals surface area contributed by atoms with Crippen LogP contribution in [0.2, 0.25) is 0 Å². The highest BCUT2D eigenvalue weighted by atomic mass is 35.5. The van der Waals surface area contributed by atoms with E-state index in [-0.39, 0.29) is 16.6 Å². The summed E-state index contributed by atoms with van der Waals surface area (Å²) in [6.45, 7) is 2.21. The monoisotopic (exact) mass is 217 g/mol. The van der Waals surface area contributed by atoms with E-state index in [0.29, 0.717) is 6.54 Å². The molecule has 0 saturated heterocycles. The van der Waals surface area contributed by atoms with Crippen LogP contribution in [0.4, 0.5) is 0 Å². The molecule has 14 heavy (non-hydrogen) atoms. The first-order valence-corrected chi connectivity index (χ1v) is 4.17. The number of rotatable bonds is 3. The molecule has 0 atom stereocenters. The third-order valence-corrected chi connectivity index (χ3v) is 1.87. The number of carboxylic acid groups (broad SMARTS) is 1. The van der Waals surface area contributed by atoms with Gasteiger partial charge in [-0.2, -0.15) is 5.10 Å². The molecule has 0 aromatic carbocycles. The summed E-state index contributed by atoms with van der Waals surface area (Å²) in [6, 6.07) is 1.24. The van der Waals surface area contributed by atoms with Gasteiger partial charge in [0.2, 0.25) is 0 Å². The quantitative estimate of drug-likeness (QED) is 0.449. The number of aromatic carboxylic acids is 1. The molecule has 0 amide bonds. The number of nitrogens with zero attached hydrogens (tertiary/aromatic N) is 3. The molecule has 0 bridgehead atoms. The second kappa shape index (κ2) is 4.10. The summed E-state index contributed by atoms with van der Waals surface area (Å²) < 4.78 is 1.34. The number of hydrogen-bond acceptors (Lipinski definition) is 4. The van der Waals surface area contributed by atoms with Crippen molar-refractivity contribution in [1.82, 2.24) is 9.78 Å². The van der Waals surface area contributed by atoms with E-state index in [1.165, 1.54) is 10.7 Å². The minimum atomic E-state index is -1.15. The van der Waals surface area contributed by atoms with Crippen molar-refractivity contribution in [2.45, 2.75) is 13.5 Å². The molecule has 1 aromatic rings. The molecule has 0 radical (unpaired) electrons. The predicted octanol–water partition coefficient (Wildman–Crippen LogP) is 0.976. The van der Waals surface area contributed by atoms with Gasteiger partial charge in [0, 0.05) is 12.6 Å². The summed E-state index contributed by atoms with van der Waals surface area (Å²) in [5, 5.41) is 23.4. The zero-order valence-corrected chi connectivity index (χ0v) is 8.06. The van der Waals surface area contributed by atoms with E-state index in [4.69, 9.17) is 21.9 Å². The number of carboxylic acids is 1. The fourth-order valence-corrected chi connectivity index (χ4v) is 1.13. The molecular weight excluding hydrogens is 210 g/mol. The molecular formula is C7H8ClN3O3. The highest BCUT2D eigenvalue weighted by Crippen LogP contribution is 2.08. The average molecular weight is 218 g/mol. The van der Waals surface area contributed by atoms with Crippen molar-refractivity contribution >= 4 is 22.7 Å². The van der Waals surface area contributed by atoms with Crippen molar-refractivity contribution in [3.05, 3.63) is 17.5 Å². The molecule has 0 aliphatic heterocycles. The Bertz CT molecular complexity index is 386. The summed E-state index contributed by atoms with van der Waals surface area (Å²) in [5.41, 5.74) is 0.137. The Labute approximate surface area is 84.4 Å². The summed E-state index contributed by atoms with van der Waals surface area (Å²) >= 11 is 5.54. The van der Waals surface area contributed by atoms with Gasteiger partial charge in [0.15, 0.2) is 10.9 Å². The zero-order valence-electron chi connectivity index (χ0n) is 7.31. The molecule has 0 aliphatic rings. The molecule has 0 spiro atoms. The Kier molecular flexibility index (Phi) is 3.08. The van der Waals surface area contributed by atoms with Crippen molar-refractivity contribution in [2.75, 3.05) is 0 Å². The number of halogens is 1. The Hall–Kier alpha value is -1.56. The first-order chi connectivity index (χ1) is 6.60. The summed E-state index contributed by atoms with van der Waals surface area (Å²) in [5.74, 6) is -1.15. The van der Waals surface area contributed by atoms with E-state index >= 15 is 0 Å². The van der Waals surface area contributed by atoms with E-state index in [1.807, 2.05) is 0 Å². The zero-order chi connectivity index (χ0) is 10.7. The van der Waals surface area contributed by atoms with Crippen LogP contribution in [0.25, 0.3) is 0 Å². The lowest BCUT2D eigenvalue weighted by Crippen LogP contribution is -2.06. The Morgan fingerprint density at radius 3 is 2.86 bits per heavy atom. The van der Waals surface area contributed by atoms with E-state index in [1.54, 1.807) is 6.92 Å². The van der Waals surface area contributed by atoms with Gasteiger partial charge in [0.05, 0.1) is 0 Å². The van der Waals surface area contributed by atoms with Gasteiger partial charge in [-0.15, -0.1) is 0 Å². The van der Waals surface area contributed by atoms with Gasteiger partial charge in [0.1, 0.15) is 5.69 Å². The fraction of sp³-hybridized carbons (Fsp3) is 0.286. The van der Waals surface area contributed by atoms with Crippen LogP contribution < -0.4 is 0 Å². The van der Waals surface area contributed by atoms with Gasteiger partial charge >= 0.3 is 5.97 Å². The summed E-state index contributed by atoms with van der Waals surface area (Å²) in [4.78, 5) is 10.6. The molecule has 1 rings (SSSR count). The number of oxime groups is 1. The van der Waals surface area contributed by atoms with Gasteiger partial charge in [-0.3, -0.25) is 4.68 Å². The SMILES string of the molecule is CCn1nc(C(=O)O)cc1C(Cl)=NO. The maximum atomic E-state index is 10.6. The lowest BCUT2D eigenvalue weighted by molar-refractivity contribution is 0.0689. The Morgan fingerprint density at radius 2 is 2.43 bits per heavy atom. The molecule has 1 aromatic heterocycles. The number of aryl methyl sites for hydroxylation is 1. The van der Waals surface area contributed by atoms with Crippen LogP contribution in [0.5, 0.6) is 0 Å². The normalized spacial score (nSPS) is 11.7. The minimum Gasteiger partial charge on any atom is -0.476 e. The minimum absolute atomic E-state index is 0.136. The number of carbonyl (C=O) groups is 1. The van der Waals surface area contributed by atoms with Crippen LogP contribution in [0.15, 0.2) is 11.2 Å². The lowest BCUT2D eigenvalue weighted by atomic mass is 10.3. The molecule has 0 unspecified atom stereocenters. The highest BCUT2D eigenvalue weighted by molar-refractivity contribution is 6.69. The summed E-state index contributed by atoms with van der Waals surface area (Å²) in [6.07, 6.45) is 0. The van der Waals surface area contributed by atoms with Crippen LogP contribution in [0.1, 0.15) is 23.1 Å². The second-order valence-corrected chi connectivity index (χ2v) is 2.78. The molecule has 2 N–H and O–H groups in total. The first-order valence-electron chi connectivity index (χ1n) is 3.79. The first kappa shape index (κ1) is 10.5. The highest BCUT2D eigenvalue weighted by Gasteiger charge is 2.15. The van der Waals surface area contributed by atoms with Gasteiger partial charge in [0.25, 0.3) is 0 Å². The standard InChI is InChI=1S/C7H8ClN3O3/c1-2-11-5(6(8)10-14)3-4(9-11)7(12)13/h3,14H,2H2,1H3,(H,12,13). The molecule has 6 nitrogen and oxygen atoms in total. The van der Waals surface area contributed by atoms with Crippen molar-refractivity contribution in [3.8, 4) is 0 Å². The fourth-order valence-electron chi connectivity index (χ4n) is 0.980. The van der Waals surface area contributed by atoms with Crippen LogP contribution in [-0.2, 0) is 6.54 Å². The topological polar surface area (TPSA) is 87.7 Å². The molecule has 7 heteroatoms. The molecule has 1 heterocycles. The average Bonchev–Trinajstić information content (AvgIpc) is 2.60. The van der Waals surface area contributed by atoms with Crippen LogP contribution >= 0.6 is 11.6 Å². The van der Waals surface area contributed by atoms with Crippen LogP contribution in [-0.4, -0.2) is 31.2 Å². The van der Waals surface area contributed by atoms with Crippen LogP contribution in [0, 0.1) is 0 Å². The lowest BCUT2D eigenvalue weighted by Gasteiger charge is -1.99. The van der Waals surface area contributed by atoms with Crippen LogP contribution in [0.3, 0.4) is 0 Å². The third kappa shape index (κ3) is 1.85. The van der Waals surface area contributed by atoms with E-state index < -0.39 is 5.97 Å². The van der Waals surface area contributed by atoms with E-state index in [0.717, 1.165) is 0 Å². The molecule has 0 saturated carbocycles. The maximum absolute atomic E-state index is 10.6. The van der Waals surface area contributed by atoms with Gasteiger partial charge < -0.3 is 10.3 Å². The third-order valence-electron chi connectivity index (χ3n) is 1.60. The predicted molar refractivity (Wildman–Crippen MR) is 49.0 cm³/mol. The van der Waals surface area contributed by atoms with Crippen molar-refractivity contribution < 1.29 is 15.1 Å². The molecule has 0 fully saturated rings. The largest absolute Gasteiger partial charge is 0.476 e. The van der Waals surface area contributed by atoms with E-state index in [2.05, 4.69) is 10.3 Å².